The van der Waals surface area contributed by atoms with Crippen LogP contribution in [0.3, 0.4) is 0 Å². The molecule has 15 heavy (non-hydrogen) atoms. The van der Waals surface area contributed by atoms with E-state index in [2.05, 4.69) is 21.3 Å². The van der Waals surface area contributed by atoms with Gasteiger partial charge in [0.05, 0.1) is 18.8 Å². The van der Waals surface area contributed by atoms with E-state index in [1.165, 1.54) is 11.0 Å². The van der Waals surface area contributed by atoms with Crippen molar-refractivity contribution >= 4 is 11.8 Å². The number of hydrogen-bond donors (Lipinski definition) is 2. The fourth-order valence-corrected chi connectivity index (χ4v) is 1.04. The number of rotatable bonds is 5. The molecule has 0 aliphatic heterocycles. The van der Waals surface area contributed by atoms with Crippen LogP contribution in [0.2, 0.25) is 0 Å². The van der Waals surface area contributed by atoms with Crippen molar-refractivity contribution in [1.82, 2.24) is 15.0 Å². The normalized spacial score (nSPS) is 9.53. The molecule has 1 aromatic heterocycles. The number of nitrogens with zero attached hydrogens (tertiary/aromatic N) is 5. The molecule has 0 radical (unpaired) electrons. The molecule has 80 valence electrons. The van der Waals surface area contributed by atoms with Crippen LogP contribution in [0.15, 0.2) is 11.2 Å². The maximum Gasteiger partial charge on any atom is 0.197 e. The molecule has 1 rings (SSSR count). The van der Waals surface area contributed by atoms with Crippen molar-refractivity contribution in [3.05, 3.63) is 6.20 Å². The number of aryl methyl sites for hydroxylation is 1. The molecule has 7 heteroatoms. The third kappa shape index (κ3) is 4.08. The number of nitrogens with two attached hydrogens (primary N) is 2. The lowest BCUT2D eigenvalue weighted by Crippen LogP contribution is -2.21. The molecule has 0 amide bonds. The summed E-state index contributed by atoms with van der Waals surface area (Å²) in [6, 6.07) is 2.08. The highest BCUT2D eigenvalue weighted by Crippen LogP contribution is 2.04. The number of guanidine groups is 1. The quantitative estimate of drug-likeness (QED) is 0.396. The molecule has 0 aliphatic carbocycles. The molecule has 0 saturated carbocycles. The Labute approximate surface area is 87.4 Å². The SMILES string of the molecule is N#CCCCCn1ncc(N=C(N)N)n1. The van der Waals surface area contributed by atoms with Crippen LogP contribution in [0.5, 0.6) is 0 Å². The number of aromatic nitrogens is 3. The number of unbranched alkanes of at least 4 members (excludes halogenated alkanes) is 2. The van der Waals surface area contributed by atoms with Crippen molar-refractivity contribution in [2.24, 2.45) is 16.5 Å². The van der Waals surface area contributed by atoms with Crippen LogP contribution in [-0.4, -0.2) is 21.0 Å². The smallest absolute Gasteiger partial charge is 0.197 e. The maximum atomic E-state index is 8.33. The van der Waals surface area contributed by atoms with Gasteiger partial charge in [0.15, 0.2) is 11.8 Å². The molecule has 0 atom stereocenters. The summed E-state index contributed by atoms with van der Waals surface area (Å²) in [6.45, 7) is 0.668. The van der Waals surface area contributed by atoms with Crippen LogP contribution in [0.25, 0.3) is 0 Å². The van der Waals surface area contributed by atoms with Gasteiger partial charge < -0.3 is 11.5 Å². The van der Waals surface area contributed by atoms with E-state index in [-0.39, 0.29) is 5.96 Å². The largest absolute Gasteiger partial charge is 0.370 e. The lowest BCUT2D eigenvalue weighted by molar-refractivity contribution is 0.502. The van der Waals surface area contributed by atoms with Crippen LogP contribution >= 0.6 is 0 Å². The fraction of sp³-hybridized carbons (Fsp3) is 0.500. The Morgan fingerprint density at radius 1 is 1.53 bits per heavy atom. The first-order chi connectivity index (χ1) is 7.22. The van der Waals surface area contributed by atoms with E-state index in [4.69, 9.17) is 16.7 Å². The van der Waals surface area contributed by atoms with Gasteiger partial charge in [-0.3, -0.25) is 0 Å². The van der Waals surface area contributed by atoms with Crippen molar-refractivity contribution in [3.63, 3.8) is 0 Å². The molecule has 1 heterocycles. The molecule has 0 bridgehead atoms. The summed E-state index contributed by atoms with van der Waals surface area (Å²) in [5.41, 5.74) is 10.4. The third-order valence-electron chi connectivity index (χ3n) is 1.66. The Balaban J connectivity index is 2.40. The summed E-state index contributed by atoms with van der Waals surface area (Å²) in [6.07, 6.45) is 3.76. The van der Waals surface area contributed by atoms with E-state index >= 15 is 0 Å². The van der Waals surface area contributed by atoms with Gasteiger partial charge in [-0.05, 0) is 12.8 Å². The highest BCUT2D eigenvalue weighted by molar-refractivity contribution is 5.78. The second-order valence-corrected chi connectivity index (χ2v) is 2.95. The van der Waals surface area contributed by atoms with Crippen molar-refractivity contribution in [2.75, 3.05) is 0 Å². The minimum absolute atomic E-state index is 0.0356. The first-order valence-electron chi connectivity index (χ1n) is 4.59. The Hall–Kier alpha value is -2.10. The first kappa shape index (κ1) is 11.0. The topological polar surface area (TPSA) is 119 Å². The van der Waals surface area contributed by atoms with Gasteiger partial charge in [0.2, 0.25) is 0 Å². The molecule has 0 aromatic carbocycles. The summed E-state index contributed by atoms with van der Waals surface area (Å²) in [5, 5.41) is 16.3. The van der Waals surface area contributed by atoms with Crippen LogP contribution in [0.1, 0.15) is 19.3 Å². The predicted molar refractivity (Wildman–Crippen MR) is 55.0 cm³/mol. The third-order valence-corrected chi connectivity index (χ3v) is 1.66. The van der Waals surface area contributed by atoms with Gasteiger partial charge in [-0.15, -0.1) is 5.10 Å². The second-order valence-electron chi connectivity index (χ2n) is 2.95. The molecular weight excluding hydrogens is 194 g/mol. The van der Waals surface area contributed by atoms with Crippen LogP contribution in [0.4, 0.5) is 5.82 Å². The van der Waals surface area contributed by atoms with Crippen molar-refractivity contribution < 1.29 is 0 Å². The molecule has 0 saturated heterocycles. The van der Waals surface area contributed by atoms with Gasteiger partial charge in [-0.25, -0.2) is 0 Å². The lowest BCUT2D eigenvalue weighted by Gasteiger charge is -1.96. The van der Waals surface area contributed by atoms with Crippen LogP contribution < -0.4 is 11.5 Å². The van der Waals surface area contributed by atoms with Gasteiger partial charge >= 0.3 is 0 Å². The Bertz CT molecular complexity index is 369. The molecule has 0 spiro atoms. The standard InChI is InChI=1S/C8H13N7/c9-4-2-1-3-5-15-12-6-7(14-15)13-8(10)11/h6H,1-3,5H2,(H4,10,11,13,14). The van der Waals surface area contributed by atoms with Gasteiger partial charge in [0.1, 0.15) is 0 Å². The summed E-state index contributed by atoms with van der Waals surface area (Å²) < 4.78 is 0. The maximum absolute atomic E-state index is 8.33. The van der Waals surface area contributed by atoms with Gasteiger partial charge in [0.25, 0.3) is 0 Å². The highest BCUT2D eigenvalue weighted by Gasteiger charge is 1.98. The van der Waals surface area contributed by atoms with Gasteiger partial charge in [-0.2, -0.15) is 20.1 Å². The molecule has 1 aromatic rings. The Morgan fingerprint density at radius 3 is 3.00 bits per heavy atom. The van der Waals surface area contributed by atoms with E-state index < -0.39 is 0 Å². The fourth-order valence-electron chi connectivity index (χ4n) is 1.04. The van der Waals surface area contributed by atoms with E-state index in [1.807, 2.05) is 0 Å². The molecule has 7 nitrogen and oxygen atoms in total. The highest BCUT2D eigenvalue weighted by atomic mass is 15.5. The summed E-state index contributed by atoms with van der Waals surface area (Å²) in [5.74, 6) is 0.363. The zero-order valence-corrected chi connectivity index (χ0v) is 8.30. The van der Waals surface area contributed by atoms with Crippen molar-refractivity contribution in [1.29, 1.82) is 5.26 Å². The molecule has 0 unspecified atom stereocenters. The Morgan fingerprint density at radius 2 is 2.33 bits per heavy atom. The minimum atomic E-state index is -0.0356. The van der Waals surface area contributed by atoms with Crippen LogP contribution in [0, 0.1) is 11.3 Å². The average molecular weight is 207 g/mol. The van der Waals surface area contributed by atoms with Crippen molar-refractivity contribution in [3.8, 4) is 6.07 Å². The van der Waals surface area contributed by atoms with Crippen molar-refractivity contribution in [2.45, 2.75) is 25.8 Å². The number of aliphatic imine (C=N–C) groups is 1. The molecule has 0 fully saturated rings. The van der Waals surface area contributed by atoms with E-state index in [9.17, 15) is 0 Å². The summed E-state index contributed by atoms with van der Waals surface area (Å²) in [7, 11) is 0. The molecule has 4 N–H and O–H groups in total. The lowest BCUT2D eigenvalue weighted by atomic mass is 10.2. The van der Waals surface area contributed by atoms with E-state index in [0.29, 0.717) is 18.8 Å². The van der Waals surface area contributed by atoms with Gasteiger partial charge in [-0.1, -0.05) is 0 Å². The summed E-state index contributed by atoms with van der Waals surface area (Å²) >= 11 is 0. The minimum Gasteiger partial charge on any atom is -0.370 e. The number of nitriles is 1. The predicted octanol–water partition coefficient (Wildman–Crippen LogP) is -0.123. The zero-order valence-electron chi connectivity index (χ0n) is 8.30. The Kier molecular flexibility index (Phi) is 4.09. The zero-order chi connectivity index (χ0) is 11.1. The monoisotopic (exact) mass is 207 g/mol. The second kappa shape index (κ2) is 5.59. The number of hydrogen-bond acceptors (Lipinski definition) is 4. The molecule has 0 aliphatic rings. The van der Waals surface area contributed by atoms with Gasteiger partial charge in [0, 0.05) is 6.42 Å². The first-order valence-corrected chi connectivity index (χ1v) is 4.59. The van der Waals surface area contributed by atoms with E-state index in [1.54, 1.807) is 0 Å². The van der Waals surface area contributed by atoms with Crippen LogP contribution in [-0.2, 0) is 6.54 Å². The average Bonchev–Trinajstić information content (AvgIpc) is 2.59. The molecular formula is C8H13N7. The van der Waals surface area contributed by atoms with E-state index in [0.717, 1.165) is 12.8 Å². The summed E-state index contributed by atoms with van der Waals surface area (Å²) in [4.78, 5) is 5.26.